The van der Waals surface area contributed by atoms with Crippen LogP contribution in [0.3, 0.4) is 0 Å². The van der Waals surface area contributed by atoms with Crippen LogP contribution in [0.1, 0.15) is 35.9 Å². The molecule has 0 unspecified atom stereocenters. The number of carbonyl (C=O) groups excluding carboxylic acids is 1. The number of fused-ring (bicyclic) bond motifs is 1. The molecule has 2 aliphatic rings. The highest BCUT2D eigenvalue weighted by molar-refractivity contribution is 6.01. The molecule has 2 aromatic carbocycles. The second-order valence-electron chi connectivity index (χ2n) is 7.24. The van der Waals surface area contributed by atoms with Crippen LogP contribution >= 0.6 is 0 Å². The standard InChI is InChI=1S/C22H20N4O3/c1-28-18-10-6-5-9-15(18)20-19-16(23-21-22(24-20)26-29-25-21)11-14(12-17(19)27)13-7-3-2-4-8-13/h2-10,14,20H,11-12H2,1H3,(H,23,25)(H,24,26)/t14-,20-/m0/s1. The minimum absolute atomic E-state index is 0.0955. The molecule has 0 saturated heterocycles. The third-order valence-corrected chi connectivity index (χ3v) is 5.56. The van der Waals surface area contributed by atoms with E-state index in [1.54, 1.807) is 7.11 Å². The van der Waals surface area contributed by atoms with E-state index < -0.39 is 6.04 Å². The third-order valence-electron chi connectivity index (χ3n) is 5.56. The van der Waals surface area contributed by atoms with Gasteiger partial charge < -0.3 is 15.4 Å². The van der Waals surface area contributed by atoms with Gasteiger partial charge in [0.2, 0.25) is 11.6 Å². The molecule has 0 bridgehead atoms. The highest BCUT2D eigenvalue weighted by Gasteiger charge is 2.38. The zero-order valence-electron chi connectivity index (χ0n) is 15.9. The van der Waals surface area contributed by atoms with Crippen molar-refractivity contribution in [2.24, 2.45) is 0 Å². The number of carbonyl (C=O) groups is 1. The number of anilines is 2. The van der Waals surface area contributed by atoms with Gasteiger partial charge in [0, 0.05) is 23.3 Å². The lowest BCUT2D eigenvalue weighted by Crippen LogP contribution is -2.27. The number of nitrogens with one attached hydrogen (secondary N) is 2. The van der Waals surface area contributed by atoms with Crippen LogP contribution in [0.15, 0.2) is 70.5 Å². The van der Waals surface area contributed by atoms with Gasteiger partial charge in [-0.05, 0) is 34.3 Å². The zero-order valence-corrected chi connectivity index (χ0v) is 15.9. The van der Waals surface area contributed by atoms with Crippen molar-refractivity contribution in [2.45, 2.75) is 24.8 Å². The summed E-state index contributed by atoms with van der Waals surface area (Å²) in [5.74, 6) is 1.86. The van der Waals surface area contributed by atoms with Crippen LogP contribution in [-0.4, -0.2) is 23.2 Å². The van der Waals surface area contributed by atoms with Gasteiger partial charge in [-0.2, -0.15) is 0 Å². The zero-order chi connectivity index (χ0) is 19.8. The minimum atomic E-state index is -0.411. The van der Waals surface area contributed by atoms with Crippen molar-refractivity contribution in [1.82, 2.24) is 10.3 Å². The molecule has 1 aliphatic carbocycles. The van der Waals surface area contributed by atoms with Crippen molar-refractivity contribution in [3.63, 3.8) is 0 Å². The first kappa shape index (κ1) is 17.5. The smallest absolute Gasteiger partial charge is 0.219 e. The highest BCUT2D eigenvalue weighted by Crippen LogP contribution is 2.44. The van der Waals surface area contributed by atoms with Crippen molar-refractivity contribution in [3.05, 3.63) is 77.0 Å². The Morgan fingerprint density at radius 2 is 1.76 bits per heavy atom. The molecule has 0 saturated carbocycles. The predicted octanol–water partition coefficient (Wildman–Crippen LogP) is 4.06. The molecule has 2 N–H and O–H groups in total. The fourth-order valence-electron chi connectivity index (χ4n) is 4.20. The van der Waals surface area contributed by atoms with Crippen LogP contribution in [0, 0.1) is 0 Å². The summed E-state index contributed by atoms with van der Waals surface area (Å²) < 4.78 is 10.5. The summed E-state index contributed by atoms with van der Waals surface area (Å²) in [6.07, 6.45) is 1.15. The number of benzene rings is 2. The van der Waals surface area contributed by atoms with Gasteiger partial charge in [0.15, 0.2) is 5.78 Å². The normalized spacial score (nSPS) is 20.8. The van der Waals surface area contributed by atoms with E-state index in [4.69, 9.17) is 9.37 Å². The van der Waals surface area contributed by atoms with E-state index in [1.807, 2.05) is 42.5 Å². The molecule has 7 nitrogen and oxygen atoms in total. The summed E-state index contributed by atoms with van der Waals surface area (Å²) >= 11 is 0. The lowest BCUT2D eigenvalue weighted by atomic mass is 9.78. The van der Waals surface area contributed by atoms with E-state index >= 15 is 0 Å². The van der Waals surface area contributed by atoms with Gasteiger partial charge in [-0.15, -0.1) is 0 Å². The topological polar surface area (TPSA) is 89.3 Å². The minimum Gasteiger partial charge on any atom is -0.496 e. The number of methoxy groups -OCH3 is 1. The van der Waals surface area contributed by atoms with E-state index in [9.17, 15) is 4.79 Å². The molecule has 0 fully saturated rings. The van der Waals surface area contributed by atoms with Gasteiger partial charge in [-0.3, -0.25) is 4.79 Å². The Kier molecular flexibility index (Phi) is 4.27. The van der Waals surface area contributed by atoms with Crippen molar-refractivity contribution in [1.29, 1.82) is 0 Å². The lowest BCUT2D eigenvalue weighted by Gasteiger charge is -2.30. The summed E-state index contributed by atoms with van der Waals surface area (Å²) in [5.41, 5.74) is 3.56. The monoisotopic (exact) mass is 388 g/mol. The number of nitrogens with zero attached hydrogens (tertiary/aromatic N) is 2. The number of allylic oxidation sites excluding steroid dienone is 1. The van der Waals surface area contributed by atoms with Crippen LogP contribution in [0.4, 0.5) is 11.6 Å². The molecule has 7 heteroatoms. The maximum atomic E-state index is 13.4. The molecular formula is C22H20N4O3. The van der Waals surface area contributed by atoms with Crippen molar-refractivity contribution >= 4 is 17.4 Å². The summed E-state index contributed by atoms with van der Waals surface area (Å²) in [4.78, 5) is 13.4. The molecular weight excluding hydrogens is 368 g/mol. The predicted molar refractivity (Wildman–Crippen MR) is 108 cm³/mol. The number of rotatable bonds is 3. The van der Waals surface area contributed by atoms with Crippen molar-refractivity contribution in [2.75, 3.05) is 17.7 Å². The fraction of sp³-hybridized carbons (Fsp3) is 0.227. The number of hydrogen-bond acceptors (Lipinski definition) is 7. The van der Waals surface area contributed by atoms with Crippen molar-refractivity contribution < 1.29 is 14.2 Å². The molecule has 146 valence electrons. The molecule has 1 aliphatic heterocycles. The second kappa shape index (κ2) is 7.09. The summed E-state index contributed by atoms with van der Waals surface area (Å²) in [5, 5.41) is 14.6. The maximum Gasteiger partial charge on any atom is 0.219 e. The number of ether oxygens (including phenoxy) is 1. The lowest BCUT2D eigenvalue weighted by molar-refractivity contribution is -0.116. The molecule has 5 rings (SSSR count). The summed E-state index contributed by atoms with van der Waals surface area (Å²) in [6.45, 7) is 0. The van der Waals surface area contributed by atoms with Crippen LogP contribution in [0.25, 0.3) is 0 Å². The van der Waals surface area contributed by atoms with Gasteiger partial charge in [0.05, 0.1) is 13.2 Å². The molecule has 0 radical (unpaired) electrons. The van der Waals surface area contributed by atoms with E-state index in [1.165, 1.54) is 0 Å². The molecule has 0 spiro atoms. The number of aromatic nitrogens is 2. The Morgan fingerprint density at radius 3 is 2.59 bits per heavy atom. The fourth-order valence-corrected chi connectivity index (χ4v) is 4.20. The maximum absolute atomic E-state index is 13.4. The molecule has 0 amide bonds. The van der Waals surface area contributed by atoms with Crippen LogP contribution in [0.2, 0.25) is 0 Å². The molecule has 29 heavy (non-hydrogen) atoms. The van der Waals surface area contributed by atoms with Gasteiger partial charge in [-0.1, -0.05) is 48.5 Å². The first-order chi connectivity index (χ1) is 14.2. The van der Waals surface area contributed by atoms with Crippen LogP contribution in [0.5, 0.6) is 5.75 Å². The van der Waals surface area contributed by atoms with Crippen molar-refractivity contribution in [3.8, 4) is 5.75 Å². The summed E-state index contributed by atoms with van der Waals surface area (Å²) in [7, 11) is 1.63. The molecule has 2 heterocycles. The molecule has 2 atom stereocenters. The van der Waals surface area contributed by atoms with Gasteiger partial charge in [0.25, 0.3) is 0 Å². The van der Waals surface area contributed by atoms with Gasteiger partial charge in [0.1, 0.15) is 5.75 Å². The quantitative estimate of drug-likeness (QED) is 0.699. The Balaban J connectivity index is 1.63. The number of hydrogen-bond donors (Lipinski definition) is 2. The Labute approximate surface area is 167 Å². The van der Waals surface area contributed by atoms with Crippen LogP contribution < -0.4 is 15.4 Å². The third kappa shape index (κ3) is 3.04. The van der Waals surface area contributed by atoms with E-state index in [0.717, 1.165) is 16.8 Å². The van der Waals surface area contributed by atoms with E-state index in [0.29, 0.717) is 35.8 Å². The molecule has 3 aromatic rings. The second-order valence-corrected chi connectivity index (χ2v) is 7.24. The number of ketones is 1. The Bertz CT molecular complexity index is 1090. The average Bonchev–Trinajstić information content (AvgIpc) is 3.13. The highest BCUT2D eigenvalue weighted by atomic mass is 16.6. The van der Waals surface area contributed by atoms with Gasteiger partial charge >= 0.3 is 0 Å². The van der Waals surface area contributed by atoms with Gasteiger partial charge in [-0.25, -0.2) is 4.63 Å². The number of Topliss-reactive ketones (excluding diaryl/α,β-unsaturated/α-hetero) is 1. The number of para-hydroxylation sites is 1. The largest absolute Gasteiger partial charge is 0.496 e. The Morgan fingerprint density at radius 1 is 1.00 bits per heavy atom. The summed E-state index contributed by atoms with van der Waals surface area (Å²) in [6, 6.07) is 17.4. The average molecular weight is 388 g/mol. The SMILES string of the molecule is COc1ccccc1[C@@H]1Nc2nonc2NC2=C1C(=O)C[C@@H](c1ccccc1)C2. The van der Waals surface area contributed by atoms with Crippen LogP contribution in [-0.2, 0) is 4.79 Å². The Hall–Kier alpha value is -3.61. The first-order valence-corrected chi connectivity index (χ1v) is 9.55. The van der Waals surface area contributed by atoms with E-state index in [2.05, 4.69) is 33.1 Å². The first-order valence-electron chi connectivity index (χ1n) is 9.55. The molecule has 1 aromatic heterocycles. The van der Waals surface area contributed by atoms with E-state index in [-0.39, 0.29) is 11.7 Å².